The van der Waals surface area contributed by atoms with Gasteiger partial charge in [0.05, 0.1) is 6.61 Å². The number of hydrogen-bond acceptors (Lipinski definition) is 2. The first-order valence-corrected chi connectivity index (χ1v) is 4.27. The number of benzene rings is 1. The van der Waals surface area contributed by atoms with Crippen molar-refractivity contribution in [2.75, 3.05) is 6.61 Å². The molecule has 0 saturated heterocycles. The summed E-state index contributed by atoms with van der Waals surface area (Å²) in [6, 6.07) is 8.30. The molecule has 1 aliphatic rings. The molecule has 0 saturated carbocycles. The highest BCUT2D eigenvalue weighted by Crippen LogP contribution is 2.28. The van der Waals surface area contributed by atoms with E-state index in [1.54, 1.807) is 0 Å². The van der Waals surface area contributed by atoms with Gasteiger partial charge < -0.3 is 4.74 Å². The minimum absolute atomic E-state index is 0.0139. The maximum atomic E-state index is 5.37. The van der Waals surface area contributed by atoms with E-state index in [9.17, 15) is 0 Å². The molecule has 1 atom stereocenters. The van der Waals surface area contributed by atoms with Gasteiger partial charge in [0, 0.05) is 0 Å². The zero-order valence-corrected chi connectivity index (χ0v) is 7.05. The summed E-state index contributed by atoms with van der Waals surface area (Å²) < 4.78 is 5.37. The van der Waals surface area contributed by atoms with Gasteiger partial charge in [-0.05, 0) is 17.5 Å². The number of rotatable bonds is 0. The largest absolute Gasteiger partial charge is 0.363 e. The molecule has 11 heavy (non-hydrogen) atoms. The summed E-state index contributed by atoms with van der Waals surface area (Å²) in [6.07, 6.45) is 1.02. The smallest absolute Gasteiger partial charge is 0.125 e. The molecule has 1 unspecified atom stereocenters. The van der Waals surface area contributed by atoms with Crippen LogP contribution in [0.5, 0.6) is 0 Å². The molecule has 0 bridgehead atoms. The van der Waals surface area contributed by atoms with Gasteiger partial charge in [-0.1, -0.05) is 24.3 Å². The summed E-state index contributed by atoms with van der Waals surface area (Å²) in [5.41, 5.74) is 2.58. The van der Waals surface area contributed by atoms with E-state index in [-0.39, 0.29) is 5.44 Å². The summed E-state index contributed by atoms with van der Waals surface area (Å²) in [6.45, 7) is 0.797. The van der Waals surface area contributed by atoms with Gasteiger partial charge >= 0.3 is 0 Å². The number of hydrogen-bond donors (Lipinski definition) is 1. The van der Waals surface area contributed by atoms with Crippen LogP contribution in [0.4, 0.5) is 0 Å². The molecule has 1 aromatic carbocycles. The van der Waals surface area contributed by atoms with E-state index < -0.39 is 0 Å². The van der Waals surface area contributed by atoms with Crippen molar-refractivity contribution in [2.45, 2.75) is 11.9 Å². The van der Waals surface area contributed by atoms with Crippen LogP contribution in [0.3, 0.4) is 0 Å². The molecule has 2 rings (SSSR count). The van der Waals surface area contributed by atoms with E-state index in [1.807, 2.05) is 6.07 Å². The highest BCUT2D eigenvalue weighted by Gasteiger charge is 2.15. The normalized spacial score (nSPS) is 22.8. The zero-order chi connectivity index (χ0) is 7.68. The Balaban J connectivity index is 2.44. The molecule has 0 aromatic heterocycles. The second-order valence-corrected chi connectivity index (χ2v) is 3.14. The second-order valence-electron chi connectivity index (χ2n) is 2.67. The van der Waals surface area contributed by atoms with Crippen molar-refractivity contribution < 1.29 is 4.74 Å². The predicted octanol–water partition coefficient (Wildman–Crippen LogP) is 2.19. The van der Waals surface area contributed by atoms with Crippen LogP contribution in [0, 0.1) is 0 Å². The van der Waals surface area contributed by atoms with Gasteiger partial charge in [-0.15, -0.1) is 12.6 Å². The maximum absolute atomic E-state index is 5.37. The fraction of sp³-hybridized carbons (Fsp3) is 0.333. The molecule has 1 aliphatic heterocycles. The Kier molecular flexibility index (Phi) is 1.88. The first-order chi connectivity index (χ1) is 5.38. The summed E-state index contributed by atoms with van der Waals surface area (Å²) >= 11 is 4.32. The standard InChI is InChI=1S/C9H10OS/c11-9-8-4-2-1-3-7(8)5-6-10-9/h1-4,9,11H,5-6H2. The third-order valence-electron chi connectivity index (χ3n) is 1.97. The van der Waals surface area contributed by atoms with Crippen molar-refractivity contribution in [1.29, 1.82) is 0 Å². The van der Waals surface area contributed by atoms with Gasteiger partial charge in [0.25, 0.3) is 0 Å². The number of thiol groups is 1. The van der Waals surface area contributed by atoms with Crippen molar-refractivity contribution in [3.8, 4) is 0 Å². The van der Waals surface area contributed by atoms with Crippen LogP contribution in [-0.4, -0.2) is 6.61 Å². The van der Waals surface area contributed by atoms with Crippen LogP contribution in [0.1, 0.15) is 16.6 Å². The molecular formula is C9H10OS. The average Bonchev–Trinajstić information content (AvgIpc) is 2.06. The van der Waals surface area contributed by atoms with Crippen molar-refractivity contribution in [2.24, 2.45) is 0 Å². The summed E-state index contributed by atoms with van der Waals surface area (Å²) in [5.74, 6) is 0. The lowest BCUT2D eigenvalue weighted by Crippen LogP contribution is -2.11. The molecule has 58 valence electrons. The summed E-state index contributed by atoms with van der Waals surface area (Å²) in [7, 11) is 0. The van der Waals surface area contributed by atoms with Crippen LogP contribution >= 0.6 is 12.6 Å². The highest BCUT2D eigenvalue weighted by molar-refractivity contribution is 7.80. The lowest BCUT2D eigenvalue weighted by Gasteiger charge is -2.21. The number of fused-ring (bicyclic) bond motifs is 1. The van der Waals surface area contributed by atoms with Crippen molar-refractivity contribution in [1.82, 2.24) is 0 Å². The average molecular weight is 166 g/mol. The lowest BCUT2D eigenvalue weighted by atomic mass is 10.0. The van der Waals surface area contributed by atoms with E-state index in [0.29, 0.717) is 0 Å². The van der Waals surface area contributed by atoms with Crippen molar-refractivity contribution in [3.63, 3.8) is 0 Å². The highest BCUT2D eigenvalue weighted by atomic mass is 32.1. The number of ether oxygens (including phenoxy) is 1. The van der Waals surface area contributed by atoms with Gasteiger partial charge in [-0.2, -0.15) is 0 Å². The van der Waals surface area contributed by atoms with Crippen molar-refractivity contribution in [3.05, 3.63) is 35.4 Å². The SMILES string of the molecule is SC1OCCc2ccccc21. The lowest BCUT2D eigenvalue weighted by molar-refractivity contribution is 0.104. The Morgan fingerprint density at radius 2 is 2.18 bits per heavy atom. The monoisotopic (exact) mass is 166 g/mol. The van der Waals surface area contributed by atoms with E-state index in [2.05, 4.69) is 30.8 Å². The molecule has 0 radical (unpaired) electrons. The van der Waals surface area contributed by atoms with Crippen LogP contribution in [0.15, 0.2) is 24.3 Å². The maximum Gasteiger partial charge on any atom is 0.125 e. The first-order valence-electron chi connectivity index (χ1n) is 3.75. The Morgan fingerprint density at radius 1 is 1.36 bits per heavy atom. The second kappa shape index (κ2) is 2.88. The van der Waals surface area contributed by atoms with E-state index in [0.717, 1.165) is 13.0 Å². The minimum atomic E-state index is -0.0139. The van der Waals surface area contributed by atoms with Crippen LogP contribution in [0.25, 0.3) is 0 Å². The van der Waals surface area contributed by atoms with Gasteiger partial charge in [0.1, 0.15) is 5.44 Å². The molecule has 1 nitrogen and oxygen atoms in total. The Bertz CT molecular complexity index is 259. The summed E-state index contributed by atoms with van der Waals surface area (Å²) in [4.78, 5) is 0. The molecular weight excluding hydrogens is 156 g/mol. The van der Waals surface area contributed by atoms with Gasteiger partial charge in [-0.3, -0.25) is 0 Å². The molecule has 0 fully saturated rings. The van der Waals surface area contributed by atoms with Crippen LogP contribution in [-0.2, 0) is 11.2 Å². The third kappa shape index (κ3) is 1.28. The molecule has 0 N–H and O–H groups in total. The van der Waals surface area contributed by atoms with E-state index in [1.165, 1.54) is 11.1 Å². The van der Waals surface area contributed by atoms with Gasteiger partial charge in [-0.25, -0.2) is 0 Å². The Labute approximate surface area is 71.8 Å². The zero-order valence-electron chi connectivity index (χ0n) is 6.16. The van der Waals surface area contributed by atoms with E-state index >= 15 is 0 Å². The first kappa shape index (κ1) is 7.19. The van der Waals surface area contributed by atoms with Crippen LogP contribution in [0.2, 0.25) is 0 Å². The van der Waals surface area contributed by atoms with Gasteiger partial charge in [0.2, 0.25) is 0 Å². The van der Waals surface area contributed by atoms with E-state index in [4.69, 9.17) is 4.74 Å². The fourth-order valence-electron chi connectivity index (χ4n) is 1.37. The Morgan fingerprint density at radius 3 is 3.00 bits per heavy atom. The molecule has 0 amide bonds. The predicted molar refractivity (Wildman–Crippen MR) is 47.8 cm³/mol. The minimum Gasteiger partial charge on any atom is -0.363 e. The molecule has 0 spiro atoms. The third-order valence-corrected chi connectivity index (χ3v) is 2.40. The van der Waals surface area contributed by atoms with Crippen LogP contribution < -0.4 is 0 Å². The topological polar surface area (TPSA) is 9.23 Å². The Hall–Kier alpha value is -0.470. The summed E-state index contributed by atoms with van der Waals surface area (Å²) in [5, 5.41) is 0. The van der Waals surface area contributed by atoms with Crippen molar-refractivity contribution >= 4 is 12.6 Å². The molecule has 0 aliphatic carbocycles. The molecule has 1 aromatic rings. The molecule has 1 heterocycles. The molecule has 2 heteroatoms. The van der Waals surface area contributed by atoms with Gasteiger partial charge in [0.15, 0.2) is 0 Å². The fourth-order valence-corrected chi connectivity index (χ4v) is 1.73. The quantitative estimate of drug-likeness (QED) is 0.581.